The van der Waals surface area contributed by atoms with Crippen molar-refractivity contribution >= 4 is 5.91 Å². The molecule has 3 fully saturated rings. The average molecular weight is 838 g/mol. The number of carbonyl (C=O) groups is 1. The van der Waals surface area contributed by atoms with Crippen LogP contribution in [0.25, 0.3) is 0 Å². The summed E-state index contributed by atoms with van der Waals surface area (Å²) in [6, 6.07) is 39.1. The van der Waals surface area contributed by atoms with E-state index >= 15 is 0 Å². The number of benzene rings is 4. The van der Waals surface area contributed by atoms with Crippen LogP contribution in [0.3, 0.4) is 0 Å². The lowest BCUT2D eigenvalue weighted by Gasteiger charge is -2.52. The molecule has 11 nitrogen and oxygen atoms in total. The zero-order valence-corrected chi connectivity index (χ0v) is 35.8. The maximum absolute atomic E-state index is 13.1. The maximum Gasteiger partial charge on any atom is 0.217 e. The van der Waals surface area contributed by atoms with E-state index in [1.165, 1.54) is 26.2 Å². The van der Waals surface area contributed by atoms with Crippen molar-refractivity contribution in [3.05, 3.63) is 144 Å². The second kappa shape index (κ2) is 23.4. The molecule has 4 aromatic rings. The zero-order chi connectivity index (χ0) is 42.2. The molecule has 11 atom stereocenters. The van der Waals surface area contributed by atoms with Crippen LogP contribution in [0.5, 0.6) is 0 Å². The molecule has 4 aromatic carbocycles. The SMILES string of the molecule is CCCCCCCCO[C@@H]1O[C@@H]2COC(c3ccccc3)O[C@H]2[C@H](O[C@@H]2O[C@@H](C)[C@@H](OCc3ccccc3)[C@@H](OCc3ccccc3)[C@@H]2OCc2ccccc2)[C@H]1NC(C)=O. The molecule has 3 heterocycles. The van der Waals surface area contributed by atoms with Crippen LogP contribution in [0.1, 0.15) is 87.8 Å². The van der Waals surface area contributed by atoms with Gasteiger partial charge in [0, 0.05) is 19.1 Å². The molecule has 0 spiro atoms. The molecule has 0 bridgehead atoms. The number of ether oxygens (including phenoxy) is 9. The second-order valence-corrected chi connectivity index (χ2v) is 16.2. The molecule has 328 valence electrons. The van der Waals surface area contributed by atoms with Gasteiger partial charge in [-0.15, -0.1) is 0 Å². The molecule has 3 aliphatic heterocycles. The molecule has 0 aromatic heterocycles. The fraction of sp³-hybridized carbons (Fsp3) is 0.500. The zero-order valence-electron chi connectivity index (χ0n) is 35.8. The number of nitrogens with one attached hydrogen (secondary N) is 1. The summed E-state index contributed by atoms with van der Waals surface area (Å²) in [6.07, 6.45) is -0.387. The Morgan fingerprint density at radius 2 is 1.15 bits per heavy atom. The minimum atomic E-state index is -0.989. The molecule has 1 N–H and O–H groups in total. The first-order chi connectivity index (χ1) is 30.0. The third-order valence-electron chi connectivity index (χ3n) is 11.4. The highest BCUT2D eigenvalue weighted by Gasteiger charge is 2.55. The van der Waals surface area contributed by atoms with Crippen LogP contribution in [-0.4, -0.2) is 80.5 Å². The van der Waals surface area contributed by atoms with Crippen molar-refractivity contribution in [2.24, 2.45) is 0 Å². The molecule has 61 heavy (non-hydrogen) atoms. The van der Waals surface area contributed by atoms with Crippen LogP contribution < -0.4 is 5.32 Å². The lowest BCUT2D eigenvalue weighted by molar-refractivity contribution is -0.382. The highest BCUT2D eigenvalue weighted by atomic mass is 16.8. The highest BCUT2D eigenvalue weighted by molar-refractivity contribution is 5.73. The Balaban J connectivity index is 1.21. The maximum atomic E-state index is 13.1. The number of rotatable bonds is 21. The predicted molar refractivity (Wildman–Crippen MR) is 230 cm³/mol. The quantitative estimate of drug-likeness (QED) is 0.0820. The van der Waals surface area contributed by atoms with Crippen molar-refractivity contribution in [1.29, 1.82) is 0 Å². The van der Waals surface area contributed by atoms with Crippen LogP contribution in [0.15, 0.2) is 121 Å². The van der Waals surface area contributed by atoms with Gasteiger partial charge in [-0.05, 0) is 30.0 Å². The lowest BCUT2D eigenvalue weighted by atomic mass is 9.94. The topological polar surface area (TPSA) is 112 Å². The summed E-state index contributed by atoms with van der Waals surface area (Å²) < 4.78 is 60.7. The van der Waals surface area contributed by atoms with Gasteiger partial charge < -0.3 is 47.9 Å². The molecular formula is C50H63NO10. The summed E-state index contributed by atoms with van der Waals surface area (Å²) in [5.41, 5.74) is 3.87. The molecule has 0 aliphatic carbocycles. The van der Waals surface area contributed by atoms with Crippen molar-refractivity contribution in [2.45, 2.75) is 147 Å². The largest absolute Gasteiger partial charge is 0.368 e. The van der Waals surface area contributed by atoms with E-state index in [0.29, 0.717) is 19.8 Å². The van der Waals surface area contributed by atoms with Crippen molar-refractivity contribution in [3.63, 3.8) is 0 Å². The Morgan fingerprint density at radius 1 is 0.607 bits per heavy atom. The number of carbonyl (C=O) groups excluding carboxylic acids is 1. The van der Waals surface area contributed by atoms with Crippen LogP contribution in [-0.2, 0) is 67.2 Å². The summed E-state index contributed by atoms with van der Waals surface area (Å²) in [6.45, 7) is 7.28. The average Bonchev–Trinajstić information content (AvgIpc) is 3.29. The first-order valence-electron chi connectivity index (χ1n) is 22.1. The Kier molecular flexibility index (Phi) is 17.3. The normalized spacial score (nSPS) is 28.8. The summed E-state index contributed by atoms with van der Waals surface area (Å²) in [5.74, 6) is -0.256. The van der Waals surface area contributed by atoms with Gasteiger partial charge in [0.1, 0.15) is 42.7 Å². The van der Waals surface area contributed by atoms with E-state index in [9.17, 15) is 4.79 Å². The van der Waals surface area contributed by atoms with Crippen LogP contribution in [0.2, 0.25) is 0 Å². The molecule has 1 unspecified atom stereocenters. The van der Waals surface area contributed by atoms with Gasteiger partial charge >= 0.3 is 0 Å². The van der Waals surface area contributed by atoms with Gasteiger partial charge in [-0.1, -0.05) is 160 Å². The Morgan fingerprint density at radius 3 is 1.74 bits per heavy atom. The smallest absolute Gasteiger partial charge is 0.217 e. The number of fused-ring (bicyclic) bond motifs is 1. The van der Waals surface area contributed by atoms with Gasteiger partial charge in [0.15, 0.2) is 18.9 Å². The number of amides is 1. The predicted octanol–water partition coefficient (Wildman–Crippen LogP) is 8.59. The molecule has 7 rings (SSSR count). The van der Waals surface area contributed by atoms with Gasteiger partial charge in [-0.3, -0.25) is 4.79 Å². The summed E-state index contributed by atoms with van der Waals surface area (Å²) in [5, 5.41) is 3.13. The summed E-state index contributed by atoms with van der Waals surface area (Å²) in [4.78, 5) is 13.1. The Bertz CT molecular complexity index is 1840. The number of hydrogen-bond donors (Lipinski definition) is 1. The summed E-state index contributed by atoms with van der Waals surface area (Å²) in [7, 11) is 0. The first-order valence-corrected chi connectivity index (χ1v) is 22.1. The van der Waals surface area contributed by atoms with Crippen LogP contribution in [0, 0.1) is 0 Å². The van der Waals surface area contributed by atoms with E-state index in [1.807, 2.05) is 128 Å². The number of unbranched alkanes of at least 4 members (excludes halogenated alkanes) is 5. The van der Waals surface area contributed by atoms with Gasteiger partial charge in [0.25, 0.3) is 0 Å². The molecular weight excluding hydrogens is 775 g/mol. The lowest BCUT2D eigenvalue weighted by Crippen LogP contribution is -2.69. The van der Waals surface area contributed by atoms with Crippen molar-refractivity contribution < 1.29 is 47.4 Å². The minimum Gasteiger partial charge on any atom is -0.368 e. The van der Waals surface area contributed by atoms with E-state index in [-0.39, 0.29) is 19.1 Å². The fourth-order valence-electron chi connectivity index (χ4n) is 8.26. The fourth-order valence-corrected chi connectivity index (χ4v) is 8.26. The molecule has 0 saturated carbocycles. The van der Waals surface area contributed by atoms with Gasteiger partial charge in [-0.2, -0.15) is 0 Å². The van der Waals surface area contributed by atoms with E-state index in [1.54, 1.807) is 0 Å². The molecule has 0 radical (unpaired) electrons. The Hall–Kier alpha value is -4.01. The van der Waals surface area contributed by atoms with E-state index < -0.39 is 67.6 Å². The van der Waals surface area contributed by atoms with E-state index in [2.05, 4.69) is 12.2 Å². The van der Waals surface area contributed by atoms with E-state index in [4.69, 9.17) is 42.6 Å². The Labute approximate surface area is 361 Å². The first kappa shape index (κ1) is 45.0. The van der Waals surface area contributed by atoms with Crippen molar-refractivity contribution in [2.75, 3.05) is 13.2 Å². The van der Waals surface area contributed by atoms with Gasteiger partial charge in [-0.25, -0.2) is 0 Å². The third kappa shape index (κ3) is 12.8. The van der Waals surface area contributed by atoms with Crippen molar-refractivity contribution in [1.82, 2.24) is 5.32 Å². The molecule has 3 saturated heterocycles. The van der Waals surface area contributed by atoms with E-state index in [0.717, 1.165) is 41.5 Å². The van der Waals surface area contributed by atoms with Gasteiger partial charge in [0.2, 0.25) is 5.91 Å². The standard InChI is InChI=1S/C50H63NO10/c1-4-5-6-7-8-21-30-53-49-42(51-36(3)52)45(44-41(59-49)34-57-48(60-44)40-28-19-12-20-29-40)61-50-47(56-33-39-26-17-11-18-27-39)46(55-32-38-24-15-10-16-25-38)43(35(2)58-50)54-31-37-22-13-9-14-23-37/h9-20,22-29,35,41-50H,4-8,21,30-34H2,1-3H3,(H,51,52)/t35-,41+,42+,43+,44+,45+,46+,47-,48?,49+,50-/m0/s1. The van der Waals surface area contributed by atoms with Crippen LogP contribution >= 0.6 is 0 Å². The molecule has 11 heteroatoms. The van der Waals surface area contributed by atoms with Gasteiger partial charge in [0.05, 0.1) is 32.5 Å². The monoisotopic (exact) mass is 837 g/mol. The summed E-state index contributed by atoms with van der Waals surface area (Å²) >= 11 is 0. The highest BCUT2D eigenvalue weighted by Crippen LogP contribution is 2.39. The van der Waals surface area contributed by atoms with Crippen molar-refractivity contribution in [3.8, 4) is 0 Å². The molecule has 3 aliphatic rings. The number of hydrogen-bond acceptors (Lipinski definition) is 10. The minimum absolute atomic E-state index is 0.224. The van der Waals surface area contributed by atoms with Crippen LogP contribution in [0.4, 0.5) is 0 Å². The molecule has 1 amide bonds. The second-order valence-electron chi connectivity index (χ2n) is 16.2. The third-order valence-corrected chi connectivity index (χ3v) is 11.4.